The number of halogens is 1. The zero-order valence-electron chi connectivity index (χ0n) is 16.7. The third kappa shape index (κ3) is 4.48. The summed E-state index contributed by atoms with van der Waals surface area (Å²) in [5, 5.41) is 3.90. The third-order valence-corrected chi connectivity index (χ3v) is 4.92. The highest BCUT2D eigenvalue weighted by molar-refractivity contribution is 6.31. The topological polar surface area (TPSA) is 67.6 Å². The van der Waals surface area contributed by atoms with Crippen LogP contribution >= 0.6 is 11.6 Å². The molecule has 1 atom stereocenters. The lowest BCUT2D eigenvalue weighted by Gasteiger charge is -2.24. The summed E-state index contributed by atoms with van der Waals surface area (Å²) in [6.45, 7) is 7.14. The Balaban J connectivity index is 1.45. The fourth-order valence-corrected chi connectivity index (χ4v) is 3.59. The highest BCUT2D eigenvalue weighted by atomic mass is 35.5. The Hall–Kier alpha value is -2.73. The second-order valence-corrected chi connectivity index (χ2v) is 8.66. The van der Waals surface area contributed by atoms with Gasteiger partial charge in [0.25, 0.3) is 11.9 Å². The van der Waals surface area contributed by atoms with Gasteiger partial charge >= 0.3 is 0 Å². The lowest BCUT2D eigenvalue weighted by atomic mass is 10.1. The predicted octanol–water partition coefficient (Wildman–Crippen LogP) is 4.99. The molecular formula is C22H24ClN3O3. The molecule has 0 spiro atoms. The monoisotopic (exact) mass is 413 g/mol. The number of nitrogens with zero attached hydrogens (tertiary/aromatic N) is 2. The SMILES string of the molecule is CC(C)(C)Oc1ccccc1C(=O)N1CCC(Nc2nc3ccc(Cl)cc3o2)C1. The van der Waals surface area contributed by atoms with Crippen molar-refractivity contribution in [1.29, 1.82) is 0 Å². The molecule has 1 unspecified atom stereocenters. The van der Waals surface area contributed by atoms with Gasteiger partial charge in [-0.05, 0) is 51.5 Å². The fraction of sp³-hybridized carbons (Fsp3) is 0.364. The fourth-order valence-electron chi connectivity index (χ4n) is 3.43. The van der Waals surface area contributed by atoms with Gasteiger partial charge in [0.2, 0.25) is 0 Å². The molecule has 29 heavy (non-hydrogen) atoms. The Morgan fingerprint density at radius 1 is 1.28 bits per heavy atom. The summed E-state index contributed by atoms with van der Waals surface area (Å²) in [6, 6.07) is 13.3. The van der Waals surface area contributed by atoms with Gasteiger partial charge in [-0.2, -0.15) is 4.98 Å². The first kappa shape index (κ1) is 19.6. The molecule has 0 bridgehead atoms. The molecular weight excluding hydrogens is 390 g/mol. The van der Waals surface area contributed by atoms with E-state index in [4.69, 9.17) is 20.8 Å². The van der Waals surface area contributed by atoms with E-state index in [1.54, 1.807) is 12.1 Å². The van der Waals surface area contributed by atoms with Gasteiger partial charge in [0.1, 0.15) is 16.9 Å². The van der Waals surface area contributed by atoms with Gasteiger partial charge in [0.05, 0.1) is 5.56 Å². The summed E-state index contributed by atoms with van der Waals surface area (Å²) >= 11 is 6.00. The van der Waals surface area contributed by atoms with E-state index >= 15 is 0 Å². The minimum atomic E-state index is -0.374. The van der Waals surface area contributed by atoms with Crippen LogP contribution in [0.4, 0.5) is 6.01 Å². The van der Waals surface area contributed by atoms with Crippen molar-refractivity contribution in [2.24, 2.45) is 0 Å². The van der Waals surface area contributed by atoms with E-state index in [-0.39, 0.29) is 17.6 Å². The molecule has 0 saturated carbocycles. The van der Waals surface area contributed by atoms with Crippen LogP contribution in [-0.2, 0) is 0 Å². The standard InChI is InChI=1S/C22H24ClN3O3/c1-22(2,3)29-18-7-5-4-6-16(18)20(27)26-11-10-15(13-26)24-21-25-17-9-8-14(23)12-19(17)28-21/h4-9,12,15H,10-11,13H2,1-3H3,(H,24,25). The third-order valence-electron chi connectivity index (χ3n) is 4.69. The number of likely N-dealkylation sites (tertiary alicyclic amines) is 1. The number of ether oxygens (including phenoxy) is 1. The maximum absolute atomic E-state index is 13.1. The minimum absolute atomic E-state index is 0.0292. The maximum atomic E-state index is 13.1. The van der Waals surface area contributed by atoms with Crippen LogP contribution in [0.3, 0.4) is 0 Å². The highest BCUT2D eigenvalue weighted by Gasteiger charge is 2.30. The quantitative estimate of drug-likeness (QED) is 0.652. The molecule has 4 rings (SSSR count). The van der Waals surface area contributed by atoms with E-state index < -0.39 is 0 Å². The van der Waals surface area contributed by atoms with Crippen molar-refractivity contribution in [1.82, 2.24) is 9.88 Å². The Morgan fingerprint density at radius 2 is 2.07 bits per heavy atom. The van der Waals surface area contributed by atoms with Crippen LogP contribution in [0.1, 0.15) is 37.6 Å². The van der Waals surface area contributed by atoms with E-state index in [0.717, 1.165) is 11.9 Å². The van der Waals surface area contributed by atoms with Crippen molar-refractivity contribution in [3.05, 3.63) is 53.1 Å². The molecule has 7 heteroatoms. The zero-order valence-corrected chi connectivity index (χ0v) is 17.5. The average molecular weight is 414 g/mol. The maximum Gasteiger partial charge on any atom is 0.295 e. The molecule has 1 aliphatic heterocycles. The molecule has 2 aromatic carbocycles. The van der Waals surface area contributed by atoms with Crippen molar-refractivity contribution in [3.8, 4) is 5.75 Å². The highest BCUT2D eigenvalue weighted by Crippen LogP contribution is 2.27. The molecule has 152 valence electrons. The van der Waals surface area contributed by atoms with Gasteiger partial charge in [-0.1, -0.05) is 23.7 Å². The van der Waals surface area contributed by atoms with Crippen molar-refractivity contribution < 1.29 is 13.9 Å². The van der Waals surface area contributed by atoms with Crippen molar-refractivity contribution in [2.45, 2.75) is 38.8 Å². The number of para-hydroxylation sites is 1. The van der Waals surface area contributed by atoms with Gasteiger partial charge in [-0.15, -0.1) is 0 Å². The van der Waals surface area contributed by atoms with Gasteiger partial charge < -0.3 is 19.4 Å². The summed E-state index contributed by atoms with van der Waals surface area (Å²) in [6.07, 6.45) is 0.813. The number of carbonyl (C=O) groups excluding carboxylic acids is 1. The predicted molar refractivity (Wildman–Crippen MR) is 114 cm³/mol. The Morgan fingerprint density at radius 3 is 2.86 bits per heavy atom. The molecule has 0 radical (unpaired) electrons. The van der Waals surface area contributed by atoms with Gasteiger partial charge in [0, 0.05) is 30.2 Å². The Kier molecular flexibility index (Phi) is 5.13. The number of anilines is 1. The van der Waals surface area contributed by atoms with Gasteiger partial charge in [-0.3, -0.25) is 4.79 Å². The van der Waals surface area contributed by atoms with Gasteiger partial charge in [-0.25, -0.2) is 0 Å². The van der Waals surface area contributed by atoms with Crippen LogP contribution in [0.5, 0.6) is 5.75 Å². The first-order valence-electron chi connectivity index (χ1n) is 9.68. The van der Waals surface area contributed by atoms with E-state index in [2.05, 4.69) is 10.3 Å². The summed E-state index contributed by atoms with van der Waals surface area (Å²) in [5.41, 5.74) is 1.59. The number of aromatic nitrogens is 1. The molecule has 2 heterocycles. The zero-order chi connectivity index (χ0) is 20.6. The van der Waals surface area contributed by atoms with Gasteiger partial charge in [0.15, 0.2) is 5.58 Å². The number of nitrogens with one attached hydrogen (secondary N) is 1. The molecule has 3 aromatic rings. The lowest BCUT2D eigenvalue weighted by Crippen LogP contribution is -2.32. The Labute approximate surface area is 174 Å². The number of hydrogen-bond donors (Lipinski definition) is 1. The summed E-state index contributed by atoms with van der Waals surface area (Å²) in [5.74, 6) is 0.579. The van der Waals surface area contributed by atoms with Crippen molar-refractivity contribution in [2.75, 3.05) is 18.4 Å². The number of fused-ring (bicyclic) bond motifs is 1. The smallest absolute Gasteiger partial charge is 0.295 e. The van der Waals surface area contributed by atoms with E-state index in [9.17, 15) is 4.79 Å². The lowest BCUT2D eigenvalue weighted by molar-refractivity contribution is 0.0774. The van der Waals surface area contributed by atoms with Crippen LogP contribution in [0, 0.1) is 0 Å². The molecule has 1 aliphatic rings. The van der Waals surface area contributed by atoms with Crippen molar-refractivity contribution >= 4 is 34.6 Å². The molecule has 1 fully saturated rings. The van der Waals surface area contributed by atoms with Crippen LogP contribution < -0.4 is 10.1 Å². The summed E-state index contributed by atoms with van der Waals surface area (Å²) in [4.78, 5) is 19.4. The normalized spacial score (nSPS) is 17.0. The first-order valence-corrected chi connectivity index (χ1v) is 10.1. The van der Waals surface area contributed by atoms with E-state index in [0.29, 0.717) is 41.0 Å². The number of benzene rings is 2. The second kappa shape index (κ2) is 7.59. The largest absolute Gasteiger partial charge is 0.487 e. The summed E-state index contributed by atoms with van der Waals surface area (Å²) in [7, 11) is 0. The van der Waals surface area contributed by atoms with Crippen molar-refractivity contribution in [3.63, 3.8) is 0 Å². The average Bonchev–Trinajstić information content (AvgIpc) is 3.26. The summed E-state index contributed by atoms with van der Waals surface area (Å²) < 4.78 is 11.7. The van der Waals surface area contributed by atoms with E-state index in [1.165, 1.54) is 0 Å². The minimum Gasteiger partial charge on any atom is -0.487 e. The number of amides is 1. The van der Waals surface area contributed by atoms with Crippen LogP contribution in [0.25, 0.3) is 11.1 Å². The molecule has 1 N–H and O–H groups in total. The number of oxazole rings is 1. The molecule has 6 nitrogen and oxygen atoms in total. The van der Waals surface area contributed by atoms with E-state index in [1.807, 2.05) is 56.0 Å². The molecule has 1 amide bonds. The van der Waals surface area contributed by atoms with Crippen LogP contribution in [0.2, 0.25) is 5.02 Å². The number of rotatable bonds is 4. The first-order chi connectivity index (χ1) is 13.8. The van der Waals surface area contributed by atoms with Crippen LogP contribution in [-0.4, -0.2) is 40.5 Å². The second-order valence-electron chi connectivity index (χ2n) is 8.22. The molecule has 0 aliphatic carbocycles. The molecule has 1 saturated heterocycles. The Bertz CT molecular complexity index is 1040. The molecule has 1 aromatic heterocycles. The number of hydrogen-bond acceptors (Lipinski definition) is 5. The number of carbonyl (C=O) groups is 1. The van der Waals surface area contributed by atoms with Crippen LogP contribution in [0.15, 0.2) is 46.9 Å².